The summed E-state index contributed by atoms with van der Waals surface area (Å²) < 4.78 is 0. The summed E-state index contributed by atoms with van der Waals surface area (Å²) in [7, 11) is 0. The van der Waals surface area contributed by atoms with Crippen LogP contribution in [0.15, 0.2) is 25.3 Å². The molecule has 0 unspecified atom stereocenters. The number of benzene rings is 1. The summed E-state index contributed by atoms with van der Waals surface area (Å²) in [6.07, 6.45) is 3.77. The molecular formula is C14H18. The largest absolute Gasteiger partial charge is 0.0984 e. The van der Waals surface area contributed by atoms with E-state index in [0.717, 1.165) is 0 Å². The Labute approximate surface area is 87.0 Å². The molecular weight excluding hydrogens is 168 g/mol. The van der Waals surface area contributed by atoms with E-state index in [1.807, 2.05) is 12.2 Å². The van der Waals surface area contributed by atoms with Crippen molar-refractivity contribution in [1.29, 1.82) is 0 Å². The molecule has 0 aliphatic heterocycles. The van der Waals surface area contributed by atoms with Gasteiger partial charge >= 0.3 is 0 Å². The summed E-state index contributed by atoms with van der Waals surface area (Å²) in [5.74, 6) is 0.563. The van der Waals surface area contributed by atoms with Crippen molar-refractivity contribution in [3.63, 3.8) is 0 Å². The molecule has 1 aromatic carbocycles. The molecule has 0 nitrogen and oxygen atoms in total. The molecule has 0 aliphatic rings. The maximum absolute atomic E-state index is 3.82. The first-order valence-electron chi connectivity index (χ1n) is 4.99. The average molecular weight is 186 g/mol. The van der Waals surface area contributed by atoms with Gasteiger partial charge in [-0.25, -0.2) is 0 Å². The van der Waals surface area contributed by atoms with Gasteiger partial charge in [0.1, 0.15) is 0 Å². The molecule has 0 aliphatic carbocycles. The fourth-order valence-electron chi connectivity index (χ4n) is 1.74. The Hall–Kier alpha value is -1.30. The van der Waals surface area contributed by atoms with Gasteiger partial charge in [0.05, 0.1) is 0 Å². The van der Waals surface area contributed by atoms with Crippen LogP contribution < -0.4 is 0 Å². The van der Waals surface area contributed by atoms with E-state index in [9.17, 15) is 0 Å². The second kappa shape index (κ2) is 4.28. The van der Waals surface area contributed by atoms with Crippen LogP contribution in [0.4, 0.5) is 0 Å². The highest BCUT2D eigenvalue weighted by atomic mass is 14.1. The summed E-state index contributed by atoms with van der Waals surface area (Å²) in [4.78, 5) is 0. The molecule has 0 atom stereocenters. The first kappa shape index (κ1) is 10.8. The second-order valence-corrected chi connectivity index (χ2v) is 3.90. The van der Waals surface area contributed by atoms with Gasteiger partial charge in [-0.1, -0.05) is 51.3 Å². The van der Waals surface area contributed by atoms with E-state index in [-0.39, 0.29) is 0 Å². The molecule has 0 heterocycles. The monoisotopic (exact) mass is 186 g/mol. The van der Waals surface area contributed by atoms with Crippen LogP contribution in [-0.2, 0) is 0 Å². The predicted octanol–water partition coefficient (Wildman–Crippen LogP) is 4.40. The Morgan fingerprint density at radius 3 is 2.00 bits per heavy atom. The lowest BCUT2D eigenvalue weighted by Gasteiger charge is -2.13. The van der Waals surface area contributed by atoms with Crippen molar-refractivity contribution in [2.45, 2.75) is 26.7 Å². The topological polar surface area (TPSA) is 0 Å². The minimum absolute atomic E-state index is 0.563. The van der Waals surface area contributed by atoms with Crippen molar-refractivity contribution in [3.05, 3.63) is 47.5 Å². The summed E-state index contributed by atoms with van der Waals surface area (Å²) in [6, 6.07) is 4.39. The Morgan fingerprint density at radius 2 is 1.57 bits per heavy atom. The predicted molar refractivity (Wildman–Crippen MR) is 65.5 cm³/mol. The molecule has 0 N–H and O–H groups in total. The van der Waals surface area contributed by atoms with E-state index >= 15 is 0 Å². The van der Waals surface area contributed by atoms with Crippen LogP contribution in [0.1, 0.15) is 42.0 Å². The first-order valence-corrected chi connectivity index (χ1v) is 4.99. The number of hydrogen-bond donors (Lipinski definition) is 0. The lowest BCUT2D eigenvalue weighted by molar-refractivity contribution is 0.856. The van der Waals surface area contributed by atoms with Crippen LogP contribution in [0.25, 0.3) is 12.2 Å². The fourth-order valence-corrected chi connectivity index (χ4v) is 1.74. The van der Waals surface area contributed by atoms with Crippen molar-refractivity contribution >= 4 is 12.2 Å². The van der Waals surface area contributed by atoms with Crippen LogP contribution >= 0.6 is 0 Å². The minimum Gasteiger partial charge on any atom is -0.0984 e. The quantitative estimate of drug-likeness (QED) is 0.656. The zero-order valence-electron chi connectivity index (χ0n) is 9.30. The van der Waals surface area contributed by atoms with Gasteiger partial charge in [0.2, 0.25) is 0 Å². The molecule has 0 bridgehead atoms. The van der Waals surface area contributed by atoms with Crippen LogP contribution in [0, 0.1) is 6.92 Å². The zero-order valence-corrected chi connectivity index (χ0v) is 9.30. The minimum atomic E-state index is 0.563. The van der Waals surface area contributed by atoms with Crippen molar-refractivity contribution in [3.8, 4) is 0 Å². The van der Waals surface area contributed by atoms with Gasteiger partial charge < -0.3 is 0 Å². The van der Waals surface area contributed by atoms with Crippen LogP contribution in [0.5, 0.6) is 0 Å². The smallest absolute Gasteiger partial charge is 0.0187 e. The highest BCUT2D eigenvalue weighted by Crippen LogP contribution is 2.24. The summed E-state index contributed by atoms with van der Waals surface area (Å²) in [5.41, 5.74) is 5.07. The van der Waals surface area contributed by atoms with Gasteiger partial charge in [0.25, 0.3) is 0 Å². The molecule has 14 heavy (non-hydrogen) atoms. The Balaban J connectivity index is 3.37. The molecule has 1 rings (SSSR count). The highest BCUT2D eigenvalue weighted by Gasteiger charge is 2.06. The standard InChI is InChI=1S/C14H18/c1-6-12-8-11(5)14(10(3)4)9-13(12)7-2/h6-10H,1-2H2,3-5H3. The van der Waals surface area contributed by atoms with Gasteiger partial charge in [0.15, 0.2) is 0 Å². The molecule has 0 saturated carbocycles. The summed E-state index contributed by atoms with van der Waals surface area (Å²) in [6.45, 7) is 14.2. The number of hydrogen-bond acceptors (Lipinski definition) is 0. The van der Waals surface area contributed by atoms with Gasteiger partial charge in [-0.15, -0.1) is 0 Å². The van der Waals surface area contributed by atoms with Gasteiger partial charge in [-0.2, -0.15) is 0 Å². The molecule has 74 valence electrons. The first-order chi connectivity index (χ1) is 6.60. The third kappa shape index (κ3) is 1.95. The normalized spacial score (nSPS) is 10.3. The van der Waals surface area contributed by atoms with E-state index in [1.165, 1.54) is 22.3 Å². The average Bonchev–Trinajstić information content (AvgIpc) is 2.16. The second-order valence-electron chi connectivity index (χ2n) is 3.90. The van der Waals surface area contributed by atoms with Crippen LogP contribution in [0.2, 0.25) is 0 Å². The SMILES string of the molecule is C=Cc1cc(C)c(C(C)C)cc1C=C. The van der Waals surface area contributed by atoms with Gasteiger partial charge in [-0.05, 0) is 35.1 Å². The highest BCUT2D eigenvalue weighted by molar-refractivity contribution is 5.65. The van der Waals surface area contributed by atoms with Gasteiger partial charge in [-0.3, -0.25) is 0 Å². The number of aryl methyl sites for hydroxylation is 1. The van der Waals surface area contributed by atoms with Crippen LogP contribution in [0.3, 0.4) is 0 Å². The molecule has 0 saturated heterocycles. The Bertz CT molecular complexity index is 357. The Morgan fingerprint density at radius 1 is 1.07 bits per heavy atom. The molecule has 1 aromatic rings. The van der Waals surface area contributed by atoms with E-state index < -0.39 is 0 Å². The third-order valence-corrected chi connectivity index (χ3v) is 2.53. The van der Waals surface area contributed by atoms with E-state index in [2.05, 4.69) is 46.1 Å². The third-order valence-electron chi connectivity index (χ3n) is 2.53. The van der Waals surface area contributed by atoms with E-state index in [4.69, 9.17) is 0 Å². The maximum atomic E-state index is 3.82. The fraction of sp³-hybridized carbons (Fsp3) is 0.286. The van der Waals surface area contributed by atoms with Gasteiger partial charge in [0, 0.05) is 0 Å². The molecule has 0 heteroatoms. The molecule has 0 amide bonds. The van der Waals surface area contributed by atoms with Crippen molar-refractivity contribution in [2.75, 3.05) is 0 Å². The lowest BCUT2D eigenvalue weighted by Crippen LogP contribution is -1.94. The lowest BCUT2D eigenvalue weighted by atomic mass is 9.92. The van der Waals surface area contributed by atoms with Crippen molar-refractivity contribution < 1.29 is 0 Å². The summed E-state index contributed by atoms with van der Waals surface area (Å²) in [5, 5.41) is 0. The molecule has 0 fully saturated rings. The number of rotatable bonds is 3. The van der Waals surface area contributed by atoms with E-state index in [0.29, 0.717) is 5.92 Å². The molecule has 0 radical (unpaired) electrons. The molecule has 0 spiro atoms. The summed E-state index contributed by atoms with van der Waals surface area (Å²) >= 11 is 0. The van der Waals surface area contributed by atoms with Crippen molar-refractivity contribution in [2.24, 2.45) is 0 Å². The van der Waals surface area contributed by atoms with E-state index in [1.54, 1.807) is 0 Å². The van der Waals surface area contributed by atoms with Crippen molar-refractivity contribution in [1.82, 2.24) is 0 Å². The van der Waals surface area contributed by atoms with Crippen LogP contribution in [-0.4, -0.2) is 0 Å². The molecule has 0 aromatic heterocycles. The Kier molecular flexibility index (Phi) is 3.29. The maximum Gasteiger partial charge on any atom is -0.0187 e. The zero-order chi connectivity index (χ0) is 10.7.